The number of nitrogens with one attached hydrogen (secondary N) is 1. The first-order valence-electron chi connectivity index (χ1n) is 12.6. The Labute approximate surface area is 230 Å². The molecule has 1 aliphatic heterocycles. The molecule has 38 heavy (non-hydrogen) atoms. The number of halogens is 2. The van der Waals surface area contributed by atoms with Gasteiger partial charge < -0.3 is 15.3 Å². The molecule has 0 unspecified atom stereocenters. The summed E-state index contributed by atoms with van der Waals surface area (Å²) in [6, 6.07) is 1.57. The Bertz CT molecular complexity index is 1300. The number of fused-ring (bicyclic) bond motifs is 1. The molecule has 0 radical (unpaired) electrons. The molecule has 3 aromatic rings. The minimum Gasteiger partial charge on any atom is -0.465 e. The lowest BCUT2D eigenvalue weighted by atomic mass is 9.96. The molecule has 3 aromatic heterocycles. The lowest BCUT2D eigenvalue weighted by Gasteiger charge is -2.43. The van der Waals surface area contributed by atoms with Gasteiger partial charge in [0.05, 0.1) is 17.3 Å². The third-order valence-corrected chi connectivity index (χ3v) is 8.21. The van der Waals surface area contributed by atoms with Crippen LogP contribution in [0.4, 0.5) is 15.0 Å². The van der Waals surface area contributed by atoms with Crippen molar-refractivity contribution in [1.82, 2.24) is 29.4 Å². The molecular formula is C25H33ClFN7O3S. The first-order chi connectivity index (χ1) is 17.7. The van der Waals surface area contributed by atoms with E-state index in [4.69, 9.17) is 4.98 Å². The van der Waals surface area contributed by atoms with Crippen LogP contribution < -0.4 is 5.32 Å². The van der Waals surface area contributed by atoms with Crippen LogP contribution >= 0.6 is 23.7 Å². The zero-order valence-electron chi connectivity index (χ0n) is 21.6. The van der Waals surface area contributed by atoms with Crippen LogP contribution in [0.1, 0.15) is 56.9 Å². The molecule has 1 saturated heterocycles. The Hall–Kier alpha value is -2.99. The maximum atomic E-state index is 13.6. The lowest BCUT2D eigenvalue weighted by molar-refractivity contribution is 0.0234. The number of nitrogens with zero attached hydrogens (tertiary/aromatic N) is 6. The molecule has 5 rings (SSSR count). The standard InChI is InChI=1S/C25H32FN7O3S.ClH/c1-15(16-4-5-16)28-20-12-19(29-21(30-20)18-13-27-32-10-11-37-23(18)32)22(34)31-8-6-17(7-9-31)33(24(35)36)25(2,3)14-26;/h10-13,15-17H,4-9,14H2,1-3H3,(H,35,36)(H,28,29,30);1H/t15-;/m0./s1. The van der Waals surface area contributed by atoms with Crippen LogP contribution in [-0.4, -0.2) is 83.9 Å². The Balaban J connectivity index is 0.00000336. The number of anilines is 1. The van der Waals surface area contributed by atoms with Gasteiger partial charge in [0.2, 0.25) is 0 Å². The molecule has 2 amide bonds. The maximum Gasteiger partial charge on any atom is 0.408 e. The summed E-state index contributed by atoms with van der Waals surface area (Å²) in [5.41, 5.74) is -0.0815. The van der Waals surface area contributed by atoms with E-state index in [0.29, 0.717) is 43.5 Å². The molecule has 1 atom stereocenters. The van der Waals surface area contributed by atoms with Gasteiger partial charge in [-0.15, -0.1) is 23.7 Å². The van der Waals surface area contributed by atoms with Gasteiger partial charge in [0, 0.05) is 42.8 Å². The van der Waals surface area contributed by atoms with Gasteiger partial charge in [0.25, 0.3) is 5.91 Å². The molecule has 0 aromatic carbocycles. The van der Waals surface area contributed by atoms with Crippen LogP contribution in [0.15, 0.2) is 23.8 Å². The maximum absolute atomic E-state index is 13.6. The van der Waals surface area contributed by atoms with Crippen LogP contribution in [-0.2, 0) is 0 Å². The molecular weight excluding hydrogens is 533 g/mol. The second kappa shape index (κ2) is 11.0. The van der Waals surface area contributed by atoms with Crippen molar-refractivity contribution in [2.24, 2.45) is 5.92 Å². The molecule has 1 aliphatic carbocycles. The van der Waals surface area contributed by atoms with Crippen molar-refractivity contribution in [1.29, 1.82) is 0 Å². The van der Waals surface area contributed by atoms with Crippen LogP contribution in [0.5, 0.6) is 0 Å². The number of likely N-dealkylation sites (tertiary alicyclic amines) is 1. The van der Waals surface area contributed by atoms with Crippen molar-refractivity contribution < 1.29 is 19.1 Å². The number of carboxylic acid groups (broad SMARTS) is 1. The summed E-state index contributed by atoms with van der Waals surface area (Å²) in [5, 5.41) is 19.5. The van der Waals surface area contributed by atoms with Crippen molar-refractivity contribution in [3.05, 3.63) is 29.5 Å². The Morgan fingerprint density at radius 1 is 1.26 bits per heavy atom. The molecule has 2 fully saturated rings. The van der Waals surface area contributed by atoms with Crippen molar-refractivity contribution in [3.63, 3.8) is 0 Å². The summed E-state index contributed by atoms with van der Waals surface area (Å²) >= 11 is 1.53. The number of carbonyl (C=O) groups excluding carboxylic acids is 1. The van der Waals surface area contributed by atoms with E-state index in [1.54, 1.807) is 35.5 Å². The second-order valence-corrected chi connectivity index (χ2v) is 11.5. The molecule has 10 nitrogen and oxygen atoms in total. The molecule has 2 N–H and O–H groups in total. The van der Waals surface area contributed by atoms with Gasteiger partial charge >= 0.3 is 6.09 Å². The number of piperidine rings is 1. The van der Waals surface area contributed by atoms with E-state index in [0.717, 1.165) is 10.4 Å². The van der Waals surface area contributed by atoms with Crippen LogP contribution in [0.25, 0.3) is 16.2 Å². The number of amides is 2. The van der Waals surface area contributed by atoms with Crippen molar-refractivity contribution in [3.8, 4) is 11.4 Å². The zero-order chi connectivity index (χ0) is 26.3. The number of thiazole rings is 1. The predicted octanol–water partition coefficient (Wildman–Crippen LogP) is 4.82. The highest BCUT2D eigenvalue weighted by molar-refractivity contribution is 7.16. The summed E-state index contributed by atoms with van der Waals surface area (Å²) < 4.78 is 15.3. The minimum atomic E-state index is -1.14. The van der Waals surface area contributed by atoms with Gasteiger partial charge in [0.15, 0.2) is 5.82 Å². The first-order valence-corrected chi connectivity index (χ1v) is 13.5. The Morgan fingerprint density at radius 3 is 2.61 bits per heavy atom. The van der Waals surface area contributed by atoms with E-state index in [2.05, 4.69) is 22.3 Å². The topological polar surface area (TPSA) is 116 Å². The van der Waals surface area contributed by atoms with Crippen molar-refractivity contribution in [2.75, 3.05) is 25.1 Å². The van der Waals surface area contributed by atoms with Crippen LogP contribution in [0.2, 0.25) is 0 Å². The molecule has 13 heteroatoms. The van der Waals surface area contributed by atoms with Gasteiger partial charge in [-0.25, -0.2) is 23.7 Å². The highest BCUT2D eigenvalue weighted by Gasteiger charge is 2.39. The van der Waals surface area contributed by atoms with Gasteiger partial charge in [-0.2, -0.15) is 5.10 Å². The fourth-order valence-corrected chi connectivity index (χ4v) is 5.83. The third-order valence-electron chi connectivity index (χ3n) is 7.32. The van der Waals surface area contributed by atoms with Gasteiger partial charge in [-0.3, -0.25) is 9.69 Å². The number of carbonyl (C=O) groups is 2. The average molecular weight is 566 g/mol. The monoisotopic (exact) mass is 565 g/mol. The van der Waals surface area contributed by atoms with Crippen molar-refractivity contribution >= 4 is 46.4 Å². The second-order valence-electron chi connectivity index (χ2n) is 10.6. The highest BCUT2D eigenvalue weighted by Crippen LogP contribution is 2.34. The normalized spacial score (nSPS) is 17.2. The van der Waals surface area contributed by atoms with E-state index in [1.165, 1.54) is 29.1 Å². The lowest BCUT2D eigenvalue weighted by Crippen LogP contribution is -2.57. The average Bonchev–Trinajstić information content (AvgIpc) is 3.49. The quantitative estimate of drug-likeness (QED) is 0.402. The SMILES string of the molecule is C[C@H](Nc1cc(C(=O)N2CCC(N(C(=O)O)C(C)(C)CF)CC2)nc(-c2cnn3ccsc23)n1)C1CC1.Cl. The van der Waals surface area contributed by atoms with E-state index in [9.17, 15) is 19.1 Å². The summed E-state index contributed by atoms with van der Waals surface area (Å²) in [6.45, 7) is 5.23. The summed E-state index contributed by atoms with van der Waals surface area (Å²) in [6.07, 6.45) is 5.65. The smallest absolute Gasteiger partial charge is 0.408 e. The molecule has 2 aliphatic rings. The van der Waals surface area contributed by atoms with Gasteiger partial charge in [-0.05, 0) is 52.4 Å². The van der Waals surface area contributed by atoms with E-state index in [1.807, 2.05) is 11.6 Å². The number of alkyl halides is 1. The van der Waals surface area contributed by atoms with Gasteiger partial charge in [-0.1, -0.05) is 0 Å². The van der Waals surface area contributed by atoms with E-state index in [-0.39, 0.29) is 36.1 Å². The third kappa shape index (κ3) is 5.56. The number of aromatic nitrogens is 4. The number of rotatable bonds is 8. The number of hydrogen-bond donors (Lipinski definition) is 2. The Morgan fingerprint density at radius 2 is 1.97 bits per heavy atom. The first kappa shape index (κ1) is 28.0. The highest BCUT2D eigenvalue weighted by atomic mass is 35.5. The van der Waals surface area contributed by atoms with E-state index < -0.39 is 18.3 Å². The summed E-state index contributed by atoms with van der Waals surface area (Å²) in [7, 11) is 0. The van der Waals surface area contributed by atoms with Gasteiger partial charge in [0.1, 0.15) is 23.0 Å². The Kier molecular flexibility index (Phi) is 8.12. The largest absolute Gasteiger partial charge is 0.465 e. The molecule has 0 spiro atoms. The minimum absolute atomic E-state index is 0. The summed E-state index contributed by atoms with van der Waals surface area (Å²) in [5.74, 6) is 1.40. The van der Waals surface area contributed by atoms with E-state index >= 15 is 0 Å². The molecule has 0 bridgehead atoms. The van der Waals surface area contributed by atoms with Crippen LogP contribution in [0, 0.1) is 5.92 Å². The zero-order valence-corrected chi connectivity index (χ0v) is 23.3. The van der Waals surface area contributed by atoms with Crippen LogP contribution in [0.3, 0.4) is 0 Å². The number of hydrogen-bond acceptors (Lipinski definition) is 7. The predicted molar refractivity (Wildman–Crippen MR) is 146 cm³/mol. The molecule has 1 saturated carbocycles. The molecule has 4 heterocycles. The molecule has 206 valence electrons. The fraction of sp³-hybridized carbons (Fsp3) is 0.560. The summed E-state index contributed by atoms with van der Waals surface area (Å²) in [4.78, 5) is 38.6. The van der Waals surface area contributed by atoms with Crippen molar-refractivity contribution in [2.45, 2.75) is 64.1 Å². The fourth-order valence-electron chi connectivity index (χ4n) is 5.04.